The summed E-state index contributed by atoms with van der Waals surface area (Å²) >= 11 is 3.31. The highest BCUT2D eigenvalue weighted by Crippen LogP contribution is 2.15. The number of halogens is 1. The molecule has 0 unspecified atom stereocenters. The number of hydrogen-bond donors (Lipinski definition) is 1. The van der Waals surface area contributed by atoms with Crippen LogP contribution in [0.2, 0.25) is 0 Å². The Hall–Kier alpha value is -0.920. The summed E-state index contributed by atoms with van der Waals surface area (Å²) in [6.45, 7) is 4.13. The lowest BCUT2D eigenvalue weighted by Crippen LogP contribution is -2.41. The minimum absolute atomic E-state index is 0.134. The van der Waals surface area contributed by atoms with Gasteiger partial charge in [0.05, 0.1) is 11.8 Å². The van der Waals surface area contributed by atoms with Gasteiger partial charge in [0.2, 0.25) is 10.0 Å². The van der Waals surface area contributed by atoms with E-state index in [-0.39, 0.29) is 25.0 Å². The number of carbonyl (C=O) groups excluding carboxylic acids is 1. The molecule has 0 radical (unpaired) electrons. The molecule has 7 heteroatoms. The predicted octanol–water partition coefficient (Wildman–Crippen LogP) is 1.85. The molecule has 0 atom stereocenters. The van der Waals surface area contributed by atoms with Crippen LogP contribution in [0.15, 0.2) is 28.7 Å². The van der Waals surface area contributed by atoms with E-state index in [0.717, 1.165) is 0 Å². The summed E-state index contributed by atoms with van der Waals surface area (Å²) in [6, 6.07) is 6.95. The molecule has 0 saturated carbocycles. The van der Waals surface area contributed by atoms with E-state index >= 15 is 0 Å². The lowest BCUT2D eigenvalue weighted by Gasteiger charge is -2.23. The second-order valence-electron chi connectivity index (χ2n) is 4.70. The third-order valence-corrected chi connectivity index (χ3v) is 4.89. The minimum atomic E-state index is -3.26. The Morgan fingerprint density at radius 1 is 1.35 bits per heavy atom. The lowest BCUT2D eigenvalue weighted by molar-refractivity contribution is 0.0950. The Morgan fingerprint density at radius 2 is 1.95 bits per heavy atom. The molecule has 1 N–H and O–H groups in total. The number of rotatable bonds is 6. The first kappa shape index (κ1) is 17.1. The Labute approximate surface area is 128 Å². The van der Waals surface area contributed by atoms with Crippen LogP contribution in [0.1, 0.15) is 24.2 Å². The van der Waals surface area contributed by atoms with Crippen molar-refractivity contribution in [3.63, 3.8) is 0 Å². The molecule has 0 aliphatic rings. The topological polar surface area (TPSA) is 66.5 Å². The third kappa shape index (κ3) is 4.88. The van der Waals surface area contributed by atoms with E-state index in [4.69, 9.17) is 0 Å². The standard InChI is InChI=1S/C13H19BrN2O3S/c1-10(2)16(20(3,18)19)9-8-15-13(17)11-6-4-5-7-12(11)14/h4-7,10H,8-9H2,1-3H3,(H,15,17). The quantitative estimate of drug-likeness (QED) is 0.839. The zero-order valence-corrected chi connectivity index (χ0v) is 14.2. The van der Waals surface area contributed by atoms with E-state index in [0.29, 0.717) is 10.0 Å². The van der Waals surface area contributed by atoms with Crippen LogP contribution in [0.25, 0.3) is 0 Å². The van der Waals surface area contributed by atoms with Gasteiger partial charge in [-0.1, -0.05) is 12.1 Å². The molecule has 112 valence electrons. The second kappa shape index (κ2) is 7.19. The molecule has 0 aromatic heterocycles. The number of sulfonamides is 1. The summed E-state index contributed by atoms with van der Waals surface area (Å²) < 4.78 is 25.2. The van der Waals surface area contributed by atoms with Gasteiger partial charge in [0.15, 0.2) is 0 Å². The first-order valence-corrected chi connectivity index (χ1v) is 8.87. The van der Waals surface area contributed by atoms with Crippen molar-refractivity contribution >= 4 is 31.9 Å². The van der Waals surface area contributed by atoms with Crippen molar-refractivity contribution in [3.05, 3.63) is 34.3 Å². The number of nitrogens with one attached hydrogen (secondary N) is 1. The van der Waals surface area contributed by atoms with Crippen molar-refractivity contribution in [1.82, 2.24) is 9.62 Å². The van der Waals surface area contributed by atoms with Gasteiger partial charge in [-0.3, -0.25) is 4.79 Å². The van der Waals surface area contributed by atoms with Crippen LogP contribution in [0.5, 0.6) is 0 Å². The van der Waals surface area contributed by atoms with Crippen LogP contribution < -0.4 is 5.32 Å². The fourth-order valence-electron chi connectivity index (χ4n) is 1.83. The first-order valence-electron chi connectivity index (χ1n) is 6.23. The maximum absolute atomic E-state index is 12.0. The maximum atomic E-state index is 12.0. The largest absolute Gasteiger partial charge is 0.351 e. The Balaban J connectivity index is 2.60. The molecule has 1 rings (SSSR count). The minimum Gasteiger partial charge on any atom is -0.351 e. The Morgan fingerprint density at radius 3 is 2.45 bits per heavy atom. The summed E-state index contributed by atoms with van der Waals surface area (Å²) in [6.07, 6.45) is 1.17. The molecular weight excluding hydrogens is 344 g/mol. The number of amides is 1. The van der Waals surface area contributed by atoms with E-state index < -0.39 is 10.0 Å². The highest BCUT2D eigenvalue weighted by Gasteiger charge is 2.19. The maximum Gasteiger partial charge on any atom is 0.252 e. The van der Waals surface area contributed by atoms with E-state index in [1.165, 1.54) is 10.6 Å². The number of hydrogen-bond acceptors (Lipinski definition) is 3. The van der Waals surface area contributed by atoms with Gasteiger partial charge in [-0.2, -0.15) is 4.31 Å². The van der Waals surface area contributed by atoms with Gasteiger partial charge in [0.25, 0.3) is 5.91 Å². The number of carbonyl (C=O) groups is 1. The molecule has 20 heavy (non-hydrogen) atoms. The highest BCUT2D eigenvalue weighted by atomic mass is 79.9. The molecule has 0 fully saturated rings. The summed E-state index contributed by atoms with van der Waals surface area (Å²) in [5, 5.41) is 2.72. The zero-order chi connectivity index (χ0) is 15.3. The molecule has 0 bridgehead atoms. The van der Waals surface area contributed by atoms with E-state index in [1.54, 1.807) is 32.0 Å². The Bertz CT molecular complexity index is 573. The van der Waals surface area contributed by atoms with Crippen LogP contribution >= 0.6 is 15.9 Å². The van der Waals surface area contributed by atoms with E-state index in [1.807, 2.05) is 6.07 Å². The van der Waals surface area contributed by atoms with E-state index in [2.05, 4.69) is 21.2 Å². The molecule has 0 saturated heterocycles. The molecule has 0 aliphatic heterocycles. The molecule has 0 heterocycles. The van der Waals surface area contributed by atoms with Gasteiger partial charge in [-0.05, 0) is 41.9 Å². The molecule has 5 nitrogen and oxygen atoms in total. The normalized spacial score (nSPS) is 11.9. The lowest BCUT2D eigenvalue weighted by atomic mass is 10.2. The molecule has 1 amide bonds. The monoisotopic (exact) mass is 362 g/mol. The highest BCUT2D eigenvalue weighted by molar-refractivity contribution is 9.10. The van der Waals surface area contributed by atoms with Gasteiger partial charge < -0.3 is 5.32 Å². The SMILES string of the molecule is CC(C)N(CCNC(=O)c1ccccc1Br)S(C)(=O)=O. The molecule has 0 aliphatic carbocycles. The fraction of sp³-hybridized carbons (Fsp3) is 0.462. The van der Waals surface area contributed by atoms with Crippen molar-refractivity contribution in [3.8, 4) is 0 Å². The van der Waals surface area contributed by atoms with Crippen LogP contribution in [-0.4, -0.2) is 44.0 Å². The van der Waals surface area contributed by atoms with Gasteiger partial charge in [0.1, 0.15) is 0 Å². The summed E-state index contributed by atoms with van der Waals surface area (Å²) in [7, 11) is -3.26. The molecular formula is C13H19BrN2O3S. The summed E-state index contributed by atoms with van der Waals surface area (Å²) in [4.78, 5) is 12.0. The van der Waals surface area contributed by atoms with Crippen molar-refractivity contribution in [2.45, 2.75) is 19.9 Å². The third-order valence-electron chi connectivity index (χ3n) is 2.74. The van der Waals surface area contributed by atoms with Gasteiger partial charge in [-0.15, -0.1) is 0 Å². The molecule has 1 aromatic carbocycles. The second-order valence-corrected chi connectivity index (χ2v) is 7.49. The zero-order valence-electron chi connectivity index (χ0n) is 11.8. The Kier molecular flexibility index (Phi) is 6.16. The summed E-state index contributed by atoms with van der Waals surface area (Å²) in [5.74, 6) is -0.227. The molecule has 1 aromatic rings. The van der Waals surface area contributed by atoms with Crippen LogP contribution in [0.4, 0.5) is 0 Å². The number of nitrogens with zero attached hydrogens (tertiary/aromatic N) is 1. The predicted molar refractivity (Wildman–Crippen MR) is 83.2 cm³/mol. The van der Waals surface area contributed by atoms with Crippen molar-refractivity contribution in [1.29, 1.82) is 0 Å². The van der Waals surface area contributed by atoms with Crippen molar-refractivity contribution in [2.75, 3.05) is 19.3 Å². The first-order chi connectivity index (χ1) is 9.23. The average molecular weight is 363 g/mol. The number of benzene rings is 1. The van der Waals surface area contributed by atoms with Crippen molar-refractivity contribution < 1.29 is 13.2 Å². The van der Waals surface area contributed by atoms with Crippen molar-refractivity contribution in [2.24, 2.45) is 0 Å². The van der Waals surface area contributed by atoms with Gasteiger partial charge in [0, 0.05) is 23.6 Å². The van der Waals surface area contributed by atoms with Gasteiger partial charge >= 0.3 is 0 Å². The van der Waals surface area contributed by atoms with Crippen LogP contribution in [-0.2, 0) is 10.0 Å². The summed E-state index contributed by atoms with van der Waals surface area (Å²) in [5.41, 5.74) is 0.531. The smallest absolute Gasteiger partial charge is 0.252 e. The van der Waals surface area contributed by atoms with E-state index in [9.17, 15) is 13.2 Å². The van der Waals surface area contributed by atoms with Crippen LogP contribution in [0, 0.1) is 0 Å². The fourth-order valence-corrected chi connectivity index (χ4v) is 3.48. The van der Waals surface area contributed by atoms with Crippen LogP contribution in [0.3, 0.4) is 0 Å². The molecule has 0 spiro atoms. The van der Waals surface area contributed by atoms with Gasteiger partial charge in [-0.25, -0.2) is 8.42 Å². The average Bonchev–Trinajstić information content (AvgIpc) is 2.32.